The minimum Gasteiger partial charge on any atom is -0.321 e. The monoisotopic (exact) mass is 360 g/mol. The molecule has 0 saturated carbocycles. The summed E-state index contributed by atoms with van der Waals surface area (Å²) in [4.78, 5) is 16.6. The summed E-state index contributed by atoms with van der Waals surface area (Å²) >= 11 is 11.9. The predicted octanol–water partition coefficient (Wildman–Crippen LogP) is 4.44. The van der Waals surface area contributed by atoms with Crippen molar-refractivity contribution in [2.75, 3.05) is 5.32 Å². The summed E-state index contributed by atoms with van der Waals surface area (Å²) in [5, 5.41) is 7.91. The zero-order valence-corrected chi connectivity index (χ0v) is 14.6. The Hall–Kier alpha value is -2.37. The van der Waals surface area contributed by atoms with Gasteiger partial charge in [0.15, 0.2) is 5.82 Å². The van der Waals surface area contributed by atoms with Crippen LogP contribution in [0.25, 0.3) is 5.82 Å². The number of benzene rings is 1. The molecule has 0 atom stereocenters. The zero-order valence-electron chi connectivity index (χ0n) is 13.0. The van der Waals surface area contributed by atoms with E-state index in [-0.39, 0.29) is 5.91 Å². The number of carbonyl (C=O) groups excluding carboxylic acids is 1. The molecular formula is C17H14Cl2N4O. The second-order valence-corrected chi connectivity index (χ2v) is 6.17. The molecule has 122 valence electrons. The number of aromatic nitrogens is 3. The van der Waals surface area contributed by atoms with Gasteiger partial charge in [-0.25, -0.2) is 9.67 Å². The number of nitrogens with zero attached hydrogens (tertiary/aromatic N) is 3. The molecule has 0 aliphatic heterocycles. The van der Waals surface area contributed by atoms with Gasteiger partial charge in [-0.1, -0.05) is 23.2 Å². The Morgan fingerprint density at radius 2 is 1.92 bits per heavy atom. The number of amides is 1. The van der Waals surface area contributed by atoms with E-state index in [0.29, 0.717) is 27.1 Å². The molecule has 0 spiro atoms. The first kappa shape index (κ1) is 16.5. The van der Waals surface area contributed by atoms with Crippen molar-refractivity contribution < 1.29 is 4.79 Å². The number of pyridine rings is 1. The van der Waals surface area contributed by atoms with Gasteiger partial charge < -0.3 is 5.32 Å². The van der Waals surface area contributed by atoms with Gasteiger partial charge in [0.05, 0.1) is 28.2 Å². The molecule has 0 aliphatic carbocycles. The summed E-state index contributed by atoms with van der Waals surface area (Å²) in [7, 11) is 0. The topological polar surface area (TPSA) is 59.8 Å². The van der Waals surface area contributed by atoms with Crippen LogP contribution in [0.15, 0.2) is 42.6 Å². The first-order valence-electron chi connectivity index (χ1n) is 7.20. The molecule has 1 aromatic carbocycles. The summed E-state index contributed by atoms with van der Waals surface area (Å²) in [6, 6.07) is 10.3. The molecule has 3 rings (SSSR count). The average Bonchev–Trinajstić information content (AvgIpc) is 2.89. The minimum absolute atomic E-state index is 0.312. The van der Waals surface area contributed by atoms with Crippen molar-refractivity contribution in [3.63, 3.8) is 0 Å². The highest BCUT2D eigenvalue weighted by Crippen LogP contribution is 2.22. The lowest BCUT2D eigenvalue weighted by molar-refractivity contribution is 0.102. The van der Waals surface area contributed by atoms with E-state index in [2.05, 4.69) is 15.4 Å². The van der Waals surface area contributed by atoms with Gasteiger partial charge in [0, 0.05) is 10.7 Å². The molecule has 2 heterocycles. The van der Waals surface area contributed by atoms with Crippen LogP contribution >= 0.6 is 23.2 Å². The standard InChI is InChI=1S/C17H14Cl2N4O/c1-10-7-11(2)23(22-10)16-6-4-13(9-20-16)21-17(24)14-8-12(18)3-5-15(14)19/h3-9H,1-2H3,(H,21,24). The number of hydrogen-bond donors (Lipinski definition) is 1. The zero-order chi connectivity index (χ0) is 17.3. The minimum atomic E-state index is -0.344. The van der Waals surface area contributed by atoms with Crippen LogP contribution in [-0.4, -0.2) is 20.7 Å². The molecule has 0 radical (unpaired) electrons. The second-order valence-electron chi connectivity index (χ2n) is 5.32. The lowest BCUT2D eigenvalue weighted by Gasteiger charge is -2.08. The first-order valence-corrected chi connectivity index (χ1v) is 7.96. The summed E-state index contributed by atoms with van der Waals surface area (Å²) in [6.07, 6.45) is 1.57. The molecule has 2 aromatic heterocycles. The highest BCUT2D eigenvalue weighted by molar-refractivity contribution is 6.36. The van der Waals surface area contributed by atoms with Crippen LogP contribution in [0.5, 0.6) is 0 Å². The molecule has 0 fully saturated rings. The van der Waals surface area contributed by atoms with Gasteiger partial charge in [-0.2, -0.15) is 5.10 Å². The fourth-order valence-electron chi connectivity index (χ4n) is 2.32. The molecule has 3 aromatic rings. The first-order chi connectivity index (χ1) is 11.4. The third-order valence-corrected chi connectivity index (χ3v) is 3.97. The summed E-state index contributed by atoms with van der Waals surface area (Å²) < 4.78 is 1.74. The molecule has 24 heavy (non-hydrogen) atoms. The third-order valence-electron chi connectivity index (χ3n) is 3.41. The number of carbonyl (C=O) groups is 1. The van der Waals surface area contributed by atoms with E-state index < -0.39 is 0 Å². The normalized spacial score (nSPS) is 10.7. The van der Waals surface area contributed by atoms with E-state index in [0.717, 1.165) is 11.4 Å². The smallest absolute Gasteiger partial charge is 0.257 e. The largest absolute Gasteiger partial charge is 0.321 e. The van der Waals surface area contributed by atoms with Crippen molar-refractivity contribution in [1.29, 1.82) is 0 Å². The highest BCUT2D eigenvalue weighted by Gasteiger charge is 2.12. The quantitative estimate of drug-likeness (QED) is 0.750. The molecule has 0 unspecified atom stereocenters. The Morgan fingerprint density at radius 1 is 1.12 bits per heavy atom. The molecular weight excluding hydrogens is 347 g/mol. The summed E-state index contributed by atoms with van der Waals surface area (Å²) in [6.45, 7) is 3.88. The number of anilines is 1. The Bertz CT molecular complexity index is 903. The summed E-state index contributed by atoms with van der Waals surface area (Å²) in [5.74, 6) is 0.336. The van der Waals surface area contributed by atoms with Crippen molar-refractivity contribution in [3.8, 4) is 5.82 Å². The molecule has 0 saturated heterocycles. The SMILES string of the molecule is Cc1cc(C)n(-c2ccc(NC(=O)c3cc(Cl)ccc3Cl)cn2)n1. The van der Waals surface area contributed by atoms with Crippen molar-refractivity contribution >= 4 is 34.8 Å². The Balaban J connectivity index is 1.80. The maximum Gasteiger partial charge on any atom is 0.257 e. The molecule has 7 heteroatoms. The van der Waals surface area contributed by atoms with E-state index in [9.17, 15) is 4.79 Å². The molecule has 0 bridgehead atoms. The van der Waals surface area contributed by atoms with Crippen LogP contribution in [0, 0.1) is 13.8 Å². The van der Waals surface area contributed by atoms with Gasteiger partial charge in [-0.15, -0.1) is 0 Å². The number of rotatable bonds is 3. The van der Waals surface area contributed by atoms with Crippen molar-refractivity contribution in [2.45, 2.75) is 13.8 Å². The van der Waals surface area contributed by atoms with Gasteiger partial charge in [-0.05, 0) is 50.2 Å². The number of aryl methyl sites for hydroxylation is 2. The van der Waals surface area contributed by atoms with Gasteiger partial charge in [0.1, 0.15) is 0 Å². The number of halogens is 2. The van der Waals surface area contributed by atoms with Crippen LogP contribution in [-0.2, 0) is 0 Å². The predicted molar refractivity (Wildman–Crippen MR) is 95.2 cm³/mol. The maximum atomic E-state index is 12.3. The van der Waals surface area contributed by atoms with Crippen LogP contribution < -0.4 is 5.32 Å². The van der Waals surface area contributed by atoms with Crippen molar-refractivity contribution in [3.05, 3.63) is 69.6 Å². The van der Waals surface area contributed by atoms with Crippen molar-refractivity contribution in [1.82, 2.24) is 14.8 Å². The van der Waals surface area contributed by atoms with Crippen LogP contribution in [0.2, 0.25) is 10.0 Å². The van der Waals surface area contributed by atoms with E-state index in [1.807, 2.05) is 19.9 Å². The molecule has 1 N–H and O–H groups in total. The van der Waals surface area contributed by atoms with E-state index in [1.165, 1.54) is 6.07 Å². The Morgan fingerprint density at radius 3 is 2.54 bits per heavy atom. The molecule has 1 amide bonds. The van der Waals surface area contributed by atoms with Gasteiger partial charge >= 0.3 is 0 Å². The maximum absolute atomic E-state index is 12.3. The van der Waals surface area contributed by atoms with Crippen LogP contribution in [0.3, 0.4) is 0 Å². The van der Waals surface area contributed by atoms with Gasteiger partial charge in [0.2, 0.25) is 0 Å². The van der Waals surface area contributed by atoms with Gasteiger partial charge in [-0.3, -0.25) is 4.79 Å². The average molecular weight is 361 g/mol. The second kappa shape index (κ2) is 6.63. The highest BCUT2D eigenvalue weighted by atomic mass is 35.5. The Labute approximate surface area is 149 Å². The lowest BCUT2D eigenvalue weighted by Crippen LogP contribution is -2.13. The number of nitrogens with one attached hydrogen (secondary N) is 1. The van der Waals surface area contributed by atoms with Crippen LogP contribution in [0.1, 0.15) is 21.7 Å². The summed E-state index contributed by atoms with van der Waals surface area (Å²) in [5.41, 5.74) is 2.78. The Kier molecular flexibility index (Phi) is 4.55. The fraction of sp³-hybridized carbons (Fsp3) is 0.118. The molecule has 0 aliphatic rings. The third kappa shape index (κ3) is 3.42. The van der Waals surface area contributed by atoms with Crippen molar-refractivity contribution in [2.24, 2.45) is 0 Å². The number of hydrogen-bond acceptors (Lipinski definition) is 3. The lowest BCUT2D eigenvalue weighted by atomic mass is 10.2. The molecule has 5 nitrogen and oxygen atoms in total. The van der Waals surface area contributed by atoms with E-state index in [1.54, 1.807) is 35.1 Å². The fourth-order valence-corrected chi connectivity index (χ4v) is 2.69. The van der Waals surface area contributed by atoms with E-state index in [4.69, 9.17) is 23.2 Å². The van der Waals surface area contributed by atoms with E-state index >= 15 is 0 Å². The van der Waals surface area contributed by atoms with Gasteiger partial charge in [0.25, 0.3) is 5.91 Å². The van der Waals surface area contributed by atoms with Crippen LogP contribution in [0.4, 0.5) is 5.69 Å².